The summed E-state index contributed by atoms with van der Waals surface area (Å²) in [6, 6.07) is 6.17. The summed E-state index contributed by atoms with van der Waals surface area (Å²) >= 11 is 0. The van der Waals surface area contributed by atoms with Crippen LogP contribution in [0.25, 0.3) is 0 Å². The largest absolute Gasteiger partial charge is 0.497 e. The lowest BCUT2D eigenvalue weighted by Gasteiger charge is -2.18. The van der Waals surface area contributed by atoms with E-state index in [2.05, 4.69) is 31.2 Å². The SMILES string of the molecule is COc1ccc(OC)c(C(C)NCCCCN(C)C)c1. The predicted molar refractivity (Wildman–Crippen MR) is 83.8 cm³/mol. The molecule has 114 valence electrons. The first kappa shape index (κ1) is 16.8. The standard InChI is InChI=1S/C16H28N2O2/c1-13(17-10-6-7-11-18(2)3)15-12-14(19-4)8-9-16(15)20-5/h8-9,12-13,17H,6-7,10-11H2,1-5H3. The lowest BCUT2D eigenvalue weighted by molar-refractivity contribution is 0.382. The van der Waals surface area contributed by atoms with E-state index in [1.807, 2.05) is 18.2 Å². The smallest absolute Gasteiger partial charge is 0.123 e. The number of nitrogens with one attached hydrogen (secondary N) is 1. The van der Waals surface area contributed by atoms with E-state index >= 15 is 0 Å². The van der Waals surface area contributed by atoms with Gasteiger partial charge in [0.1, 0.15) is 11.5 Å². The molecule has 0 spiro atoms. The van der Waals surface area contributed by atoms with E-state index in [1.54, 1.807) is 14.2 Å². The van der Waals surface area contributed by atoms with Gasteiger partial charge in [0, 0.05) is 11.6 Å². The summed E-state index contributed by atoms with van der Waals surface area (Å²) in [6.45, 7) is 4.30. The molecule has 0 aliphatic rings. The Hall–Kier alpha value is -1.26. The molecule has 1 aromatic rings. The lowest BCUT2D eigenvalue weighted by atomic mass is 10.1. The Morgan fingerprint density at radius 2 is 1.90 bits per heavy atom. The molecular formula is C16H28N2O2. The van der Waals surface area contributed by atoms with Crippen molar-refractivity contribution in [2.75, 3.05) is 41.4 Å². The lowest BCUT2D eigenvalue weighted by Crippen LogP contribution is -2.22. The maximum atomic E-state index is 5.42. The molecule has 4 heteroatoms. The van der Waals surface area contributed by atoms with Crippen LogP contribution in [0.1, 0.15) is 31.4 Å². The maximum absolute atomic E-state index is 5.42. The fourth-order valence-corrected chi connectivity index (χ4v) is 2.16. The van der Waals surface area contributed by atoms with Crippen LogP contribution in [0.15, 0.2) is 18.2 Å². The minimum atomic E-state index is 0.249. The van der Waals surface area contributed by atoms with E-state index in [-0.39, 0.29) is 6.04 Å². The maximum Gasteiger partial charge on any atom is 0.123 e. The summed E-state index contributed by atoms with van der Waals surface area (Å²) < 4.78 is 10.7. The van der Waals surface area contributed by atoms with E-state index in [1.165, 1.54) is 12.8 Å². The first-order chi connectivity index (χ1) is 9.58. The van der Waals surface area contributed by atoms with E-state index in [0.29, 0.717) is 0 Å². The number of nitrogens with zero attached hydrogens (tertiary/aromatic N) is 1. The molecule has 0 saturated heterocycles. The Morgan fingerprint density at radius 3 is 2.50 bits per heavy atom. The van der Waals surface area contributed by atoms with Crippen molar-refractivity contribution in [3.05, 3.63) is 23.8 Å². The molecule has 4 nitrogen and oxygen atoms in total. The molecule has 0 fully saturated rings. The van der Waals surface area contributed by atoms with Gasteiger partial charge in [-0.05, 0) is 65.1 Å². The number of rotatable bonds is 9. The third-order valence-electron chi connectivity index (χ3n) is 3.39. The van der Waals surface area contributed by atoms with Crippen LogP contribution >= 0.6 is 0 Å². The predicted octanol–water partition coefficient (Wildman–Crippen LogP) is 2.70. The van der Waals surface area contributed by atoms with Crippen molar-refractivity contribution in [3.63, 3.8) is 0 Å². The van der Waals surface area contributed by atoms with Gasteiger partial charge in [-0.1, -0.05) is 0 Å². The second kappa shape index (κ2) is 8.82. The molecule has 0 aromatic heterocycles. The molecule has 1 unspecified atom stereocenters. The topological polar surface area (TPSA) is 33.7 Å². The Bertz CT molecular complexity index is 394. The van der Waals surface area contributed by atoms with Crippen LogP contribution in [0.4, 0.5) is 0 Å². The molecule has 0 amide bonds. The quantitative estimate of drug-likeness (QED) is 0.705. The van der Waals surface area contributed by atoms with Gasteiger partial charge in [-0.2, -0.15) is 0 Å². The Kier molecular flexibility index (Phi) is 7.41. The summed E-state index contributed by atoms with van der Waals surface area (Å²) in [5.74, 6) is 1.76. The molecule has 1 N–H and O–H groups in total. The molecular weight excluding hydrogens is 252 g/mol. The summed E-state index contributed by atoms with van der Waals surface area (Å²) in [4.78, 5) is 2.22. The van der Waals surface area contributed by atoms with Crippen LogP contribution in [0.2, 0.25) is 0 Å². The number of benzene rings is 1. The fraction of sp³-hybridized carbons (Fsp3) is 0.625. The average Bonchev–Trinajstić information content (AvgIpc) is 2.45. The summed E-state index contributed by atoms with van der Waals surface area (Å²) in [5, 5.41) is 3.54. The third-order valence-corrected chi connectivity index (χ3v) is 3.39. The second-order valence-corrected chi connectivity index (χ2v) is 5.29. The van der Waals surface area contributed by atoms with E-state index < -0.39 is 0 Å². The molecule has 0 aliphatic carbocycles. The van der Waals surface area contributed by atoms with Gasteiger partial charge in [0.2, 0.25) is 0 Å². The van der Waals surface area contributed by atoms with Crippen LogP contribution in [0.5, 0.6) is 11.5 Å². The minimum absolute atomic E-state index is 0.249. The van der Waals surface area contributed by atoms with Gasteiger partial charge in [-0.25, -0.2) is 0 Å². The minimum Gasteiger partial charge on any atom is -0.497 e. The van der Waals surface area contributed by atoms with Gasteiger partial charge in [0.25, 0.3) is 0 Å². The molecule has 0 radical (unpaired) electrons. The molecule has 0 saturated carbocycles. The summed E-state index contributed by atoms with van der Waals surface area (Å²) in [5.41, 5.74) is 1.14. The van der Waals surface area contributed by atoms with Crippen molar-refractivity contribution < 1.29 is 9.47 Å². The van der Waals surface area contributed by atoms with E-state index in [4.69, 9.17) is 9.47 Å². The summed E-state index contributed by atoms with van der Waals surface area (Å²) in [7, 11) is 7.61. The third kappa shape index (κ3) is 5.39. The molecule has 0 aliphatic heterocycles. The highest BCUT2D eigenvalue weighted by atomic mass is 16.5. The van der Waals surface area contributed by atoms with Gasteiger partial charge in [-0.3, -0.25) is 0 Å². The van der Waals surface area contributed by atoms with Crippen LogP contribution in [0, 0.1) is 0 Å². The van der Waals surface area contributed by atoms with Gasteiger partial charge in [0.15, 0.2) is 0 Å². The van der Waals surface area contributed by atoms with Crippen LogP contribution in [-0.4, -0.2) is 46.3 Å². The second-order valence-electron chi connectivity index (χ2n) is 5.29. The number of hydrogen-bond donors (Lipinski definition) is 1. The normalized spacial score (nSPS) is 12.5. The number of hydrogen-bond acceptors (Lipinski definition) is 4. The van der Waals surface area contributed by atoms with Crippen LogP contribution < -0.4 is 14.8 Å². The number of ether oxygens (including phenoxy) is 2. The molecule has 1 rings (SSSR count). The van der Waals surface area contributed by atoms with Gasteiger partial charge >= 0.3 is 0 Å². The zero-order valence-electron chi connectivity index (χ0n) is 13.4. The first-order valence-corrected chi connectivity index (χ1v) is 7.18. The average molecular weight is 280 g/mol. The summed E-state index contributed by atoms with van der Waals surface area (Å²) in [6.07, 6.45) is 2.39. The molecule has 0 heterocycles. The monoisotopic (exact) mass is 280 g/mol. The molecule has 1 atom stereocenters. The Balaban J connectivity index is 2.51. The van der Waals surface area contributed by atoms with Gasteiger partial charge in [0.05, 0.1) is 14.2 Å². The first-order valence-electron chi connectivity index (χ1n) is 7.18. The van der Waals surface area contributed by atoms with Crippen LogP contribution in [-0.2, 0) is 0 Å². The van der Waals surface area contributed by atoms with E-state index in [9.17, 15) is 0 Å². The fourth-order valence-electron chi connectivity index (χ4n) is 2.16. The molecule has 1 aromatic carbocycles. The van der Waals surface area contributed by atoms with Gasteiger partial charge in [-0.15, -0.1) is 0 Å². The highest BCUT2D eigenvalue weighted by molar-refractivity contribution is 5.42. The van der Waals surface area contributed by atoms with E-state index in [0.717, 1.165) is 30.2 Å². The van der Waals surface area contributed by atoms with Crippen molar-refractivity contribution in [1.82, 2.24) is 10.2 Å². The zero-order chi connectivity index (χ0) is 15.0. The Morgan fingerprint density at radius 1 is 1.15 bits per heavy atom. The molecule has 0 bridgehead atoms. The van der Waals surface area contributed by atoms with Gasteiger partial charge < -0.3 is 19.7 Å². The highest BCUT2D eigenvalue weighted by Gasteiger charge is 2.12. The zero-order valence-corrected chi connectivity index (χ0v) is 13.4. The van der Waals surface area contributed by atoms with Crippen molar-refractivity contribution in [2.45, 2.75) is 25.8 Å². The Labute approximate surface area is 123 Å². The van der Waals surface area contributed by atoms with Crippen molar-refractivity contribution in [1.29, 1.82) is 0 Å². The van der Waals surface area contributed by atoms with Crippen molar-refractivity contribution in [2.24, 2.45) is 0 Å². The van der Waals surface area contributed by atoms with Crippen molar-refractivity contribution in [3.8, 4) is 11.5 Å². The molecule has 20 heavy (non-hydrogen) atoms. The van der Waals surface area contributed by atoms with Crippen LogP contribution in [0.3, 0.4) is 0 Å². The van der Waals surface area contributed by atoms with Crippen molar-refractivity contribution >= 4 is 0 Å². The highest BCUT2D eigenvalue weighted by Crippen LogP contribution is 2.29. The number of methoxy groups -OCH3 is 2. The number of unbranched alkanes of at least 4 members (excludes halogenated alkanes) is 1.